The first-order valence-electron chi connectivity index (χ1n) is 6.59. The summed E-state index contributed by atoms with van der Waals surface area (Å²) in [6.45, 7) is 3.49. The van der Waals surface area contributed by atoms with Gasteiger partial charge in [0.15, 0.2) is 0 Å². The zero-order valence-electron chi connectivity index (χ0n) is 12.4. The highest BCUT2D eigenvalue weighted by molar-refractivity contribution is 7.89. The molecular formula is C13H14ClN3O4S2. The lowest BCUT2D eigenvalue weighted by atomic mass is 10.1. The van der Waals surface area contributed by atoms with Crippen molar-refractivity contribution in [3.8, 4) is 0 Å². The number of carbonyl (C=O) groups excluding carboxylic acids is 1. The molecule has 1 heterocycles. The molecule has 10 heteroatoms. The van der Waals surface area contributed by atoms with Crippen molar-refractivity contribution >= 4 is 39.1 Å². The number of hydrogen-bond donors (Lipinski definition) is 1. The van der Waals surface area contributed by atoms with Gasteiger partial charge in [-0.25, -0.2) is 17.9 Å². The molecule has 7 nitrogen and oxygen atoms in total. The van der Waals surface area contributed by atoms with Gasteiger partial charge in [0.2, 0.25) is 10.0 Å². The number of halogens is 1. The molecule has 0 unspecified atom stereocenters. The van der Waals surface area contributed by atoms with Crippen LogP contribution in [0, 0.1) is 6.92 Å². The fourth-order valence-electron chi connectivity index (χ4n) is 1.76. The molecule has 2 rings (SSSR count). The molecule has 0 saturated heterocycles. The molecule has 0 atom stereocenters. The molecule has 0 saturated carbocycles. The number of carbonyl (C=O) groups is 1. The van der Waals surface area contributed by atoms with Crippen LogP contribution in [0.5, 0.6) is 0 Å². The first kappa shape index (κ1) is 17.8. The van der Waals surface area contributed by atoms with Crippen LogP contribution in [-0.4, -0.2) is 30.5 Å². The third-order valence-corrected chi connectivity index (χ3v) is 5.45. The summed E-state index contributed by atoms with van der Waals surface area (Å²) in [6.07, 6.45) is 0. The van der Waals surface area contributed by atoms with E-state index in [1.165, 1.54) is 12.1 Å². The second-order valence-corrected chi connectivity index (χ2v) is 7.67. The molecule has 0 fully saturated rings. The van der Waals surface area contributed by atoms with Gasteiger partial charge < -0.3 is 4.74 Å². The summed E-state index contributed by atoms with van der Waals surface area (Å²) in [7, 11) is -3.65. The number of nitrogens with zero attached hydrogens (tertiary/aromatic N) is 2. The van der Waals surface area contributed by atoms with Crippen LogP contribution < -0.4 is 4.72 Å². The highest BCUT2D eigenvalue weighted by atomic mass is 35.5. The van der Waals surface area contributed by atoms with E-state index in [1.807, 2.05) is 0 Å². The molecular weight excluding hydrogens is 362 g/mol. The Bertz CT molecular complexity index is 820. The molecule has 0 radical (unpaired) electrons. The predicted molar refractivity (Wildman–Crippen MR) is 86.1 cm³/mol. The standard InChI is InChI=1S/C13H14ClN3O4S2/c1-3-15-23(19,20)9-5-4-8(2)10(6-9)13(18)21-7-11-12(14)22-17-16-11/h4-6,15H,3,7H2,1-2H3. The van der Waals surface area contributed by atoms with Gasteiger partial charge in [-0.05, 0) is 24.6 Å². The number of nitrogens with one attached hydrogen (secondary N) is 1. The Morgan fingerprint density at radius 2 is 2.17 bits per heavy atom. The molecule has 2 aromatic rings. The minimum atomic E-state index is -3.65. The van der Waals surface area contributed by atoms with Crippen molar-refractivity contribution < 1.29 is 17.9 Å². The topological polar surface area (TPSA) is 98.2 Å². The molecule has 23 heavy (non-hydrogen) atoms. The maximum absolute atomic E-state index is 12.2. The minimum Gasteiger partial charge on any atom is -0.455 e. The zero-order valence-corrected chi connectivity index (χ0v) is 14.8. The summed E-state index contributed by atoms with van der Waals surface area (Å²) in [5, 5.41) is 3.74. The quantitative estimate of drug-likeness (QED) is 0.777. The van der Waals surface area contributed by atoms with Crippen molar-refractivity contribution in [3.05, 3.63) is 39.4 Å². The number of aromatic nitrogens is 2. The fourth-order valence-corrected chi connectivity index (χ4v) is 3.42. The molecule has 1 aromatic carbocycles. The number of rotatable bonds is 6. The maximum atomic E-state index is 12.2. The van der Waals surface area contributed by atoms with Gasteiger partial charge in [-0.2, -0.15) is 0 Å². The Kier molecular flexibility index (Phi) is 5.69. The number of ether oxygens (including phenoxy) is 1. The highest BCUT2D eigenvalue weighted by Gasteiger charge is 2.19. The third kappa shape index (κ3) is 4.25. The molecule has 0 amide bonds. The van der Waals surface area contributed by atoms with Gasteiger partial charge >= 0.3 is 5.97 Å². The van der Waals surface area contributed by atoms with Gasteiger partial charge in [0.1, 0.15) is 16.6 Å². The van der Waals surface area contributed by atoms with E-state index < -0.39 is 16.0 Å². The van der Waals surface area contributed by atoms with Crippen molar-refractivity contribution in [1.29, 1.82) is 0 Å². The monoisotopic (exact) mass is 375 g/mol. The van der Waals surface area contributed by atoms with Gasteiger partial charge in [0.25, 0.3) is 0 Å². The van der Waals surface area contributed by atoms with Crippen molar-refractivity contribution in [3.63, 3.8) is 0 Å². The number of aryl methyl sites for hydroxylation is 1. The maximum Gasteiger partial charge on any atom is 0.338 e. The van der Waals surface area contributed by atoms with Crippen LogP contribution in [0.2, 0.25) is 4.34 Å². The summed E-state index contributed by atoms with van der Waals surface area (Å²) in [5.41, 5.74) is 1.13. The molecule has 1 aromatic heterocycles. The smallest absolute Gasteiger partial charge is 0.338 e. The Labute approximate surface area is 142 Å². The van der Waals surface area contributed by atoms with Gasteiger partial charge in [-0.1, -0.05) is 29.1 Å². The zero-order chi connectivity index (χ0) is 17.0. The molecule has 1 N–H and O–H groups in total. The minimum absolute atomic E-state index is 0.00487. The van der Waals surface area contributed by atoms with Gasteiger partial charge in [-0.15, -0.1) is 5.10 Å². The molecule has 0 bridgehead atoms. The number of sulfonamides is 1. The van der Waals surface area contributed by atoms with E-state index >= 15 is 0 Å². The largest absolute Gasteiger partial charge is 0.455 e. The van der Waals surface area contributed by atoms with E-state index in [4.69, 9.17) is 16.3 Å². The Hall–Kier alpha value is -1.55. The summed E-state index contributed by atoms with van der Waals surface area (Å²) < 4.78 is 35.5. The molecule has 0 aliphatic heterocycles. The van der Waals surface area contributed by atoms with Crippen LogP contribution in [0.4, 0.5) is 0 Å². The lowest BCUT2D eigenvalue weighted by molar-refractivity contribution is 0.0466. The van der Waals surface area contributed by atoms with Crippen LogP contribution >= 0.6 is 23.1 Å². The normalized spacial score (nSPS) is 11.4. The number of esters is 1. The lowest BCUT2D eigenvalue weighted by Crippen LogP contribution is -2.23. The molecule has 0 aliphatic carbocycles. The van der Waals surface area contributed by atoms with Crippen LogP contribution in [0.1, 0.15) is 28.5 Å². The Morgan fingerprint density at radius 3 is 2.78 bits per heavy atom. The average molecular weight is 376 g/mol. The number of hydrogen-bond acceptors (Lipinski definition) is 7. The van der Waals surface area contributed by atoms with Crippen molar-refractivity contribution in [1.82, 2.24) is 14.3 Å². The van der Waals surface area contributed by atoms with Gasteiger partial charge in [0.05, 0.1) is 10.5 Å². The van der Waals surface area contributed by atoms with E-state index in [0.717, 1.165) is 11.5 Å². The first-order chi connectivity index (χ1) is 10.8. The molecule has 0 spiro atoms. The summed E-state index contributed by atoms with van der Waals surface area (Å²) in [6, 6.07) is 4.28. The van der Waals surface area contributed by atoms with Crippen molar-refractivity contribution in [2.45, 2.75) is 25.3 Å². The van der Waals surface area contributed by atoms with Crippen molar-refractivity contribution in [2.75, 3.05) is 6.54 Å². The SMILES string of the molecule is CCNS(=O)(=O)c1ccc(C)c(C(=O)OCc2nnsc2Cl)c1. The Morgan fingerprint density at radius 1 is 1.43 bits per heavy atom. The first-order valence-corrected chi connectivity index (χ1v) is 9.22. The van der Waals surface area contributed by atoms with Crippen LogP contribution in [0.3, 0.4) is 0 Å². The van der Waals surface area contributed by atoms with E-state index in [2.05, 4.69) is 14.3 Å². The van der Waals surface area contributed by atoms with E-state index in [0.29, 0.717) is 15.6 Å². The average Bonchev–Trinajstić information content (AvgIpc) is 2.90. The lowest BCUT2D eigenvalue weighted by Gasteiger charge is -2.09. The van der Waals surface area contributed by atoms with Crippen LogP contribution in [0.15, 0.2) is 23.1 Å². The summed E-state index contributed by atoms with van der Waals surface area (Å²) in [4.78, 5) is 12.2. The summed E-state index contributed by atoms with van der Waals surface area (Å²) in [5.74, 6) is -0.653. The van der Waals surface area contributed by atoms with E-state index in [1.54, 1.807) is 19.9 Å². The molecule has 124 valence electrons. The predicted octanol–water partition coefficient (Wildman–Crippen LogP) is 2.16. The van der Waals surface area contributed by atoms with Crippen LogP contribution in [0.25, 0.3) is 0 Å². The fraction of sp³-hybridized carbons (Fsp3) is 0.308. The van der Waals surface area contributed by atoms with Gasteiger partial charge in [0, 0.05) is 18.1 Å². The second-order valence-electron chi connectivity index (χ2n) is 4.55. The van der Waals surface area contributed by atoms with E-state index in [9.17, 15) is 13.2 Å². The highest BCUT2D eigenvalue weighted by Crippen LogP contribution is 2.20. The molecule has 0 aliphatic rings. The number of benzene rings is 1. The third-order valence-electron chi connectivity index (χ3n) is 2.92. The second kappa shape index (κ2) is 7.35. The summed E-state index contributed by atoms with van der Waals surface area (Å²) >= 11 is 6.83. The van der Waals surface area contributed by atoms with Crippen LogP contribution in [-0.2, 0) is 21.4 Å². The Balaban J connectivity index is 2.21. The van der Waals surface area contributed by atoms with Crippen molar-refractivity contribution in [2.24, 2.45) is 0 Å². The van der Waals surface area contributed by atoms with E-state index in [-0.39, 0.29) is 23.6 Å². The van der Waals surface area contributed by atoms with Gasteiger partial charge in [-0.3, -0.25) is 0 Å².